The number of aliphatic hydroxyl groups is 1. The van der Waals surface area contributed by atoms with E-state index in [1.54, 1.807) is 36.4 Å². The Morgan fingerprint density at radius 3 is 2.57 bits per heavy atom. The van der Waals surface area contributed by atoms with Crippen LogP contribution in [0.1, 0.15) is 16.1 Å². The SMILES string of the molecule is CNC(=O)c1nn(CC(O)COCc2ccc(Cl)cc2)c(=O)c2ccccc12. The Kier molecular flexibility index (Phi) is 6.41. The molecular weight excluding hydrogens is 382 g/mol. The Morgan fingerprint density at radius 2 is 1.89 bits per heavy atom. The lowest BCUT2D eigenvalue weighted by atomic mass is 10.1. The number of rotatable bonds is 7. The predicted octanol–water partition coefficient (Wildman–Crippen LogP) is 1.99. The van der Waals surface area contributed by atoms with E-state index in [2.05, 4.69) is 10.4 Å². The van der Waals surface area contributed by atoms with Gasteiger partial charge in [-0.3, -0.25) is 9.59 Å². The Hall–Kier alpha value is -2.74. The zero-order valence-corrected chi connectivity index (χ0v) is 16.0. The Morgan fingerprint density at radius 1 is 1.21 bits per heavy atom. The van der Waals surface area contributed by atoms with Crippen LogP contribution in [0.4, 0.5) is 0 Å². The summed E-state index contributed by atoms with van der Waals surface area (Å²) in [7, 11) is 1.49. The maximum atomic E-state index is 12.7. The van der Waals surface area contributed by atoms with Crippen LogP contribution in [-0.2, 0) is 17.9 Å². The van der Waals surface area contributed by atoms with Gasteiger partial charge in [0.2, 0.25) is 0 Å². The first-order chi connectivity index (χ1) is 13.5. The van der Waals surface area contributed by atoms with Crippen LogP contribution >= 0.6 is 11.6 Å². The zero-order chi connectivity index (χ0) is 20.1. The number of fused-ring (bicyclic) bond motifs is 1. The number of carbonyl (C=O) groups is 1. The smallest absolute Gasteiger partial charge is 0.274 e. The molecule has 3 rings (SSSR count). The third kappa shape index (κ3) is 4.56. The Labute approximate surface area is 166 Å². The predicted molar refractivity (Wildman–Crippen MR) is 107 cm³/mol. The highest BCUT2D eigenvalue weighted by atomic mass is 35.5. The molecule has 3 aromatic rings. The number of hydrogen-bond donors (Lipinski definition) is 2. The van der Waals surface area contributed by atoms with Crippen molar-refractivity contribution in [2.45, 2.75) is 19.3 Å². The average Bonchev–Trinajstić information content (AvgIpc) is 2.71. The molecule has 0 bridgehead atoms. The van der Waals surface area contributed by atoms with Gasteiger partial charge in [0, 0.05) is 17.5 Å². The summed E-state index contributed by atoms with van der Waals surface area (Å²) in [6, 6.07) is 13.9. The minimum Gasteiger partial charge on any atom is -0.389 e. The molecule has 146 valence electrons. The van der Waals surface area contributed by atoms with Gasteiger partial charge in [-0.05, 0) is 23.8 Å². The van der Waals surface area contributed by atoms with Gasteiger partial charge >= 0.3 is 0 Å². The van der Waals surface area contributed by atoms with Crippen LogP contribution in [0.2, 0.25) is 5.02 Å². The normalized spacial score (nSPS) is 12.1. The molecule has 1 unspecified atom stereocenters. The molecule has 0 aliphatic rings. The van der Waals surface area contributed by atoms with E-state index in [0.717, 1.165) is 10.2 Å². The molecule has 0 radical (unpaired) electrons. The summed E-state index contributed by atoms with van der Waals surface area (Å²) in [6.45, 7) is 0.227. The molecule has 8 heteroatoms. The molecule has 0 saturated heterocycles. The fraction of sp³-hybridized carbons (Fsp3) is 0.250. The van der Waals surface area contributed by atoms with Gasteiger partial charge in [0.05, 0.1) is 31.2 Å². The van der Waals surface area contributed by atoms with E-state index in [1.807, 2.05) is 12.1 Å². The monoisotopic (exact) mass is 401 g/mol. The lowest BCUT2D eigenvalue weighted by molar-refractivity contribution is 0.0180. The number of nitrogens with one attached hydrogen (secondary N) is 1. The van der Waals surface area contributed by atoms with Gasteiger partial charge in [-0.15, -0.1) is 0 Å². The number of halogens is 1. The molecule has 0 saturated carbocycles. The second kappa shape index (κ2) is 8.97. The van der Waals surface area contributed by atoms with Crippen molar-refractivity contribution >= 4 is 28.3 Å². The number of amides is 1. The van der Waals surface area contributed by atoms with Crippen LogP contribution in [0.25, 0.3) is 10.8 Å². The van der Waals surface area contributed by atoms with Crippen LogP contribution in [-0.4, -0.2) is 40.6 Å². The summed E-state index contributed by atoms with van der Waals surface area (Å²) in [6.07, 6.45) is -0.962. The standard InChI is InChI=1S/C20H20ClN3O4/c1-22-19(26)18-16-4-2-3-5-17(16)20(27)24(23-18)10-15(25)12-28-11-13-6-8-14(21)9-7-13/h2-9,15,25H,10-12H2,1H3,(H,22,26). The molecule has 1 heterocycles. The number of aliphatic hydroxyl groups excluding tert-OH is 1. The molecular formula is C20H20ClN3O4. The number of nitrogens with zero attached hydrogens (tertiary/aromatic N) is 2. The maximum Gasteiger partial charge on any atom is 0.274 e. The summed E-state index contributed by atoms with van der Waals surface area (Å²) in [5.74, 6) is -0.404. The second-order valence-electron chi connectivity index (χ2n) is 6.26. The van der Waals surface area contributed by atoms with Crippen molar-refractivity contribution < 1.29 is 14.6 Å². The second-order valence-corrected chi connectivity index (χ2v) is 6.69. The summed E-state index contributed by atoms with van der Waals surface area (Å²) in [5, 5.41) is 18.4. The highest BCUT2D eigenvalue weighted by Gasteiger charge is 2.17. The van der Waals surface area contributed by atoms with E-state index in [4.69, 9.17) is 16.3 Å². The van der Waals surface area contributed by atoms with E-state index in [1.165, 1.54) is 7.05 Å². The molecule has 0 aliphatic carbocycles. The average molecular weight is 402 g/mol. The van der Waals surface area contributed by atoms with Crippen molar-refractivity contribution in [1.29, 1.82) is 0 Å². The zero-order valence-electron chi connectivity index (χ0n) is 15.3. The molecule has 0 spiro atoms. The third-order valence-electron chi connectivity index (χ3n) is 4.19. The van der Waals surface area contributed by atoms with Gasteiger partial charge in [-0.2, -0.15) is 5.10 Å². The van der Waals surface area contributed by atoms with Gasteiger partial charge in [0.15, 0.2) is 5.69 Å². The van der Waals surface area contributed by atoms with Crippen LogP contribution < -0.4 is 10.9 Å². The fourth-order valence-corrected chi connectivity index (χ4v) is 2.92. The largest absolute Gasteiger partial charge is 0.389 e. The van der Waals surface area contributed by atoms with Gasteiger partial charge in [0.1, 0.15) is 0 Å². The van der Waals surface area contributed by atoms with E-state index in [0.29, 0.717) is 22.4 Å². The lowest BCUT2D eigenvalue weighted by Gasteiger charge is -2.14. The molecule has 1 aromatic heterocycles. The molecule has 2 N–H and O–H groups in total. The van der Waals surface area contributed by atoms with Crippen molar-refractivity contribution in [1.82, 2.24) is 15.1 Å². The van der Waals surface area contributed by atoms with Crippen LogP contribution in [0.15, 0.2) is 53.3 Å². The number of hydrogen-bond acceptors (Lipinski definition) is 5. The molecule has 2 aromatic carbocycles. The molecule has 0 fully saturated rings. The van der Waals surface area contributed by atoms with Crippen LogP contribution in [0, 0.1) is 0 Å². The van der Waals surface area contributed by atoms with Crippen molar-refractivity contribution in [3.05, 3.63) is 75.2 Å². The summed E-state index contributed by atoms with van der Waals surface area (Å²) >= 11 is 5.84. The van der Waals surface area contributed by atoms with E-state index < -0.39 is 12.0 Å². The van der Waals surface area contributed by atoms with Gasteiger partial charge in [-0.25, -0.2) is 4.68 Å². The van der Waals surface area contributed by atoms with Gasteiger partial charge < -0.3 is 15.2 Å². The van der Waals surface area contributed by atoms with Gasteiger partial charge in [0.25, 0.3) is 11.5 Å². The quantitative estimate of drug-likeness (QED) is 0.631. The fourth-order valence-electron chi connectivity index (χ4n) is 2.79. The highest BCUT2D eigenvalue weighted by Crippen LogP contribution is 2.13. The van der Waals surface area contributed by atoms with Crippen LogP contribution in [0.5, 0.6) is 0 Å². The first-order valence-electron chi connectivity index (χ1n) is 8.71. The van der Waals surface area contributed by atoms with Crippen molar-refractivity contribution in [2.75, 3.05) is 13.7 Å². The minimum atomic E-state index is -0.962. The topological polar surface area (TPSA) is 93.5 Å². The number of benzene rings is 2. The third-order valence-corrected chi connectivity index (χ3v) is 4.44. The van der Waals surface area contributed by atoms with Crippen molar-refractivity contribution in [3.8, 4) is 0 Å². The lowest BCUT2D eigenvalue weighted by Crippen LogP contribution is -2.34. The van der Waals surface area contributed by atoms with Crippen molar-refractivity contribution in [3.63, 3.8) is 0 Å². The first kappa shape index (κ1) is 20.0. The Bertz CT molecular complexity index is 1030. The molecule has 7 nitrogen and oxygen atoms in total. The summed E-state index contributed by atoms with van der Waals surface area (Å²) < 4.78 is 6.60. The van der Waals surface area contributed by atoms with Crippen molar-refractivity contribution in [2.24, 2.45) is 0 Å². The Balaban J connectivity index is 1.74. The summed E-state index contributed by atoms with van der Waals surface area (Å²) in [5.41, 5.74) is 0.673. The van der Waals surface area contributed by atoms with Gasteiger partial charge in [-0.1, -0.05) is 41.9 Å². The van der Waals surface area contributed by atoms with E-state index in [9.17, 15) is 14.7 Å². The highest BCUT2D eigenvalue weighted by molar-refractivity contribution is 6.30. The minimum absolute atomic E-state index is 0.0128. The molecule has 0 aliphatic heterocycles. The molecule has 1 amide bonds. The van der Waals surface area contributed by atoms with Crippen LogP contribution in [0.3, 0.4) is 0 Å². The maximum absolute atomic E-state index is 12.7. The first-order valence-corrected chi connectivity index (χ1v) is 9.09. The summed E-state index contributed by atoms with van der Waals surface area (Å²) in [4.78, 5) is 24.8. The number of ether oxygens (including phenoxy) is 1. The number of aromatic nitrogens is 2. The number of carbonyl (C=O) groups excluding carboxylic acids is 1. The van der Waals surface area contributed by atoms with E-state index in [-0.39, 0.29) is 24.4 Å². The molecule has 1 atom stereocenters. The van der Waals surface area contributed by atoms with E-state index >= 15 is 0 Å². The molecule has 28 heavy (non-hydrogen) atoms.